The number of ether oxygens (including phenoxy) is 4. The highest BCUT2D eigenvalue weighted by Crippen LogP contribution is 2.45. The van der Waals surface area contributed by atoms with Crippen LogP contribution in [-0.2, 0) is 65.4 Å². The summed E-state index contributed by atoms with van der Waals surface area (Å²) in [6.45, 7) is 9.62. The van der Waals surface area contributed by atoms with Crippen LogP contribution in [0.15, 0.2) is 0 Å². The van der Waals surface area contributed by atoms with Crippen molar-refractivity contribution in [2.75, 3.05) is 39.6 Å². The lowest BCUT2D eigenvalue weighted by Gasteiger charge is -2.21. The summed E-state index contributed by atoms with van der Waals surface area (Å²) in [6, 6.07) is 0. The molecule has 0 aliphatic carbocycles. The Hall–Kier alpha value is -1.94. The van der Waals surface area contributed by atoms with Crippen LogP contribution < -0.4 is 0 Å². The minimum atomic E-state index is -4.96. The van der Waals surface area contributed by atoms with E-state index in [1.54, 1.807) is 0 Å². The van der Waals surface area contributed by atoms with E-state index in [1.165, 1.54) is 250 Å². The fourth-order valence-corrected chi connectivity index (χ4v) is 14.3. The van der Waals surface area contributed by atoms with Gasteiger partial charge in [-0.05, 0) is 37.5 Å². The first-order valence-electron chi connectivity index (χ1n) is 42.5. The first kappa shape index (κ1) is 99.1. The van der Waals surface area contributed by atoms with Gasteiger partial charge in [0, 0.05) is 25.7 Å². The van der Waals surface area contributed by atoms with E-state index in [0.717, 1.165) is 102 Å². The lowest BCUT2D eigenvalue weighted by atomic mass is 10.0. The third kappa shape index (κ3) is 76.1. The van der Waals surface area contributed by atoms with E-state index in [1.807, 2.05) is 0 Å². The number of phosphoric ester groups is 2. The van der Waals surface area contributed by atoms with Crippen LogP contribution in [0.5, 0.6) is 0 Å². The highest BCUT2D eigenvalue weighted by molar-refractivity contribution is 7.47. The van der Waals surface area contributed by atoms with Gasteiger partial charge >= 0.3 is 39.5 Å². The number of rotatable bonds is 81. The molecule has 0 bridgehead atoms. The normalized spacial score (nSPS) is 13.9. The number of hydrogen-bond acceptors (Lipinski definition) is 15. The second-order valence-electron chi connectivity index (χ2n) is 30.5. The van der Waals surface area contributed by atoms with Gasteiger partial charge in [0.15, 0.2) is 12.2 Å². The Bertz CT molecular complexity index is 1940. The molecule has 0 spiro atoms. The molecule has 3 N–H and O–H groups in total. The molecule has 0 heterocycles. The van der Waals surface area contributed by atoms with Crippen molar-refractivity contribution in [3.63, 3.8) is 0 Å². The monoisotopic (exact) mass is 1480 g/mol. The van der Waals surface area contributed by atoms with Crippen LogP contribution in [-0.4, -0.2) is 96.7 Å². The molecule has 0 aromatic heterocycles. The largest absolute Gasteiger partial charge is 0.472 e. The topological polar surface area (TPSA) is 237 Å². The Labute approximate surface area is 619 Å². The van der Waals surface area contributed by atoms with Crippen molar-refractivity contribution in [2.45, 2.75) is 452 Å². The molecule has 19 heteroatoms. The van der Waals surface area contributed by atoms with Crippen molar-refractivity contribution < 1.29 is 80.2 Å². The standard InChI is InChI=1S/C82H160O17P2/c1-7-9-11-13-15-17-19-21-22-23-24-25-26-27-28-29-31-33-42-48-54-60-66-81(86)98-77(71-93-80(85)65-59-53-47-41-36-34-38-44-50-56-62-74(3)4)72-96-100(88,89)94-68-76(83)69-95-101(90,91)97-73-78(99-82(87)67-61-55-49-43-37-35-39-45-51-57-63-75(5)6)70-92-79(84)64-58-52-46-40-32-30-20-18-16-14-12-10-8-2/h74-78,83H,7-73H2,1-6H3,(H,88,89)(H,90,91)/t76-,77-,78-/m1/s1. The highest BCUT2D eigenvalue weighted by Gasteiger charge is 2.30. The predicted molar refractivity (Wildman–Crippen MR) is 414 cm³/mol. The Morgan fingerprint density at radius 1 is 0.267 bits per heavy atom. The highest BCUT2D eigenvalue weighted by atomic mass is 31.2. The third-order valence-electron chi connectivity index (χ3n) is 19.2. The second kappa shape index (κ2) is 73.6. The van der Waals surface area contributed by atoms with Crippen molar-refractivity contribution in [1.29, 1.82) is 0 Å². The van der Waals surface area contributed by atoms with Gasteiger partial charge in [0.05, 0.1) is 26.4 Å². The molecule has 0 aromatic rings. The summed E-state index contributed by atoms with van der Waals surface area (Å²) in [5.41, 5.74) is 0. The van der Waals surface area contributed by atoms with E-state index in [-0.39, 0.29) is 25.7 Å². The first-order chi connectivity index (χ1) is 48.9. The zero-order chi connectivity index (χ0) is 74.2. The number of carbonyl (C=O) groups excluding carboxylic acids is 4. The minimum absolute atomic E-state index is 0.107. The molecule has 0 saturated carbocycles. The van der Waals surface area contributed by atoms with Gasteiger partial charge in [-0.1, -0.05) is 382 Å². The van der Waals surface area contributed by atoms with E-state index in [4.69, 9.17) is 37.0 Å². The average molecular weight is 1480 g/mol. The number of aliphatic hydroxyl groups is 1. The third-order valence-corrected chi connectivity index (χ3v) is 21.1. The SMILES string of the molecule is CCCCCCCCCCCCCCCCCCCCCCCCC(=O)O[C@H](COC(=O)CCCCCCCCCCCCC(C)C)COP(=O)(O)OC[C@@H](O)COP(=O)(O)OC[C@@H](COC(=O)CCCCCCCCCCCCCCC)OC(=O)CCCCCCCCCCCCC(C)C. The fraction of sp³-hybridized carbons (Fsp3) is 0.951. The fourth-order valence-electron chi connectivity index (χ4n) is 12.7. The van der Waals surface area contributed by atoms with Gasteiger partial charge in [0.2, 0.25) is 0 Å². The molecule has 17 nitrogen and oxygen atoms in total. The molecule has 600 valence electrons. The molecule has 5 atom stereocenters. The maximum Gasteiger partial charge on any atom is 0.472 e. The Morgan fingerprint density at radius 3 is 0.673 bits per heavy atom. The van der Waals surface area contributed by atoms with Crippen LogP contribution in [0.4, 0.5) is 0 Å². The van der Waals surface area contributed by atoms with Gasteiger partial charge in [0.1, 0.15) is 19.3 Å². The summed E-state index contributed by atoms with van der Waals surface area (Å²) in [4.78, 5) is 73.1. The number of aliphatic hydroxyl groups excluding tert-OH is 1. The summed E-state index contributed by atoms with van der Waals surface area (Å²) < 4.78 is 68.7. The molecule has 2 unspecified atom stereocenters. The molecule has 0 fully saturated rings. The smallest absolute Gasteiger partial charge is 0.462 e. The summed E-state index contributed by atoms with van der Waals surface area (Å²) in [7, 11) is -9.92. The molecular weight excluding hydrogens is 1320 g/mol. The second-order valence-corrected chi connectivity index (χ2v) is 33.4. The van der Waals surface area contributed by atoms with E-state index in [0.29, 0.717) is 25.7 Å². The quantitative estimate of drug-likeness (QED) is 0.0222. The van der Waals surface area contributed by atoms with Gasteiger partial charge in [0.25, 0.3) is 0 Å². The van der Waals surface area contributed by atoms with Crippen molar-refractivity contribution in [3.8, 4) is 0 Å². The summed E-state index contributed by atoms with van der Waals surface area (Å²) >= 11 is 0. The van der Waals surface area contributed by atoms with E-state index in [9.17, 15) is 43.2 Å². The zero-order valence-electron chi connectivity index (χ0n) is 66.2. The summed E-state index contributed by atoms with van der Waals surface area (Å²) in [5, 5.41) is 10.6. The van der Waals surface area contributed by atoms with Crippen LogP contribution in [0, 0.1) is 11.8 Å². The van der Waals surface area contributed by atoms with Gasteiger partial charge in [-0.25, -0.2) is 9.13 Å². The summed E-state index contributed by atoms with van der Waals surface area (Å²) in [6.07, 6.45) is 63.9. The number of carbonyl (C=O) groups is 4. The molecule has 0 rings (SSSR count). The number of esters is 4. The van der Waals surface area contributed by atoms with Crippen LogP contribution >= 0.6 is 15.6 Å². The number of phosphoric acid groups is 2. The molecule has 0 amide bonds. The zero-order valence-corrected chi connectivity index (χ0v) is 68.0. The first-order valence-corrected chi connectivity index (χ1v) is 45.5. The lowest BCUT2D eigenvalue weighted by molar-refractivity contribution is -0.161. The number of unbranched alkanes of at least 4 members (excludes halogenated alkanes) is 51. The van der Waals surface area contributed by atoms with Crippen LogP contribution in [0.1, 0.15) is 433 Å². The van der Waals surface area contributed by atoms with Crippen LogP contribution in [0.25, 0.3) is 0 Å². The predicted octanol–water partition coefficient (Wildman–Crippen LogP) is 24.7. The Balaban J connectivity index is 5.21. The summed E-state index contributed by atoms with van der Waals surface area (Å²) in [5.74, 6) is -0.598. The van der Waals surface area contributed by atoms with Crippen molar-refractivity contribution in [1.82, 2.24) is 0 Å². The molecule has 0 aliphatic rings. The number of hydrogen-bond donors (Lipinski definition) is 3. The van der Waals surface area contributed by atoms with Crippen LogP contribution in [0.3, 0.4) is 0 Å². The molecule has 101 heavy (non-hydrogen) atoms. The van der Waals surface area contributed by atoms with E-state index < -0.39 is 97.5 Å². The lowest BCUT2D eigenvalue weighted by Crippen LogP contribution is -2.30. The molecule has 0 aromatic carbocycles. The molecule has 0 aliphatic heterocycles. The van der Waals surface area contributed by atoms with E-state index in [2.05, 4.69) is 41.5 Å². The van der Waals surface area contributed by atoms with E-state index >= 15 is 0 Å². The Morgan fingerprint density at radius 2 is 0.455 bits per heavy atom. The minimum Gasteiger partial charge on any atom is -0.462 e. The molecule has 0 radical (unpaired) electrons. The Kier molecular flexibility index (Phi) is 72.2. The van der Waals surface area contributed by atoms with Gasteiger partial charge < -0.3 is 33.8 Å². The van der Waals surface area contributed by atoms with Gasteiger partial charge in [-0.2, -0.15) is 0 Å². The molecular formula is C82H160O17P2. The molecule has 0 saturated heterocycles. The average Bonchev–Trinajstić information content (AvgIpc) is 0.944. The van der Waals surface area contributed by atoms with Crippen molar-refractivity contribution in [2.24, 2.45) is 11.8 Å². The van der Waals surface area contributed by atoms with Crippen molar-refractivity contribution in [3.05, 3.63) is 0 Å². The van der Waals surface area contributed by atoms with Gasteiger partial charge in [-0.3, -0.25) is 37.3 Å². The van der Waals surface area contributed by atoms with Crippen molar-refractivity contribution >= 4 is 39.5 Å². The maximum absolute atomic E-state index is 13.1. The maximum atomic E-state index is 13.1. The van der Waals surface area contributed by atoms with Crippen LogP contribution in [0.2, 0.25) is 0 Å². The van der Waals surface area contributed by atoms with Gasteiger partial charge in [-0.15, -0.1) is 0 Å².